The van der Waals surface area contributed by atoms with Crippen molar-refractivity contribution in [1.82, 2.24) is 9.88 Å². The van der Waals surface area contributed by atoms with Gasteiger partial charge in [0.15, 0.2) is 0 Å². The molecule has 7 heteroatoms. The number of fused-ring (bicyclic) bond motifs is 1. The number of hydrogen-bond donors (Lipinski definition) is 2. The van der Waals surface area contributed by atoms with Gasteiger partial charge in [0.2, 0.25) is 5.91 Å². The first-order chi connectivity index (χ1) is 14.9. The Bertz CT molecular complexity index is 1100. The maximum atomic E-state index is 14.1. The standard InChI is InChI=1S/C24H27FN4O2/c1-4-18-14-28(10-11-29(18)16(3)30)19-7-5-6-17(12-19)26-24(31)22-13-20-21(25)9-8-15(2)23(20)27-22/h5-9,12-13,18,27H,4,10-11,14H2,1-3H3,(H,26,31). The molecule has 1 aliphatic rings. The highest BCUT2D eigenvalue weighted by atomic mass is 19.1. The largest absolute Gasteiger partial charge is 0.368 e. The first kappa shape index (κ1) is 20.9. The molecule has 1 atom stereocenters. The van der Waals surface area contributed by atoms with Crippen molar-refractivity contribution >= 4 is 34.1 Å². The number of nitrogens with zero attached hydrogens (tertiary/aromatic N) is 2. The van der Waals surface area contributed by atoms with Crippen LogP contribution in [0.1, 0.15) is 36.3 Å². The molecule has 0 radical (unpaired) electrons. The predicted molar refractivity (Wildman–Crippen MR) is 121 cm³/mol. The molecule has 162 valence electrons. The smallest absolute Gasteiger partial charge is 0.272 e. The van der Waals surface area contributed by atoms with E-state index in [2.05, 4.69) is 22.1 Å². The zero-order chi connectivity index (χ0) is 22.1. The lowest BCUT2D eigenvalue weighted by molar-refractivity contribution is -0.131. The number of aromatic nitrogens is 1. The van der Waals surface area contributed by atoms with Crippen LogP contribution < -0.4 is 10.2 Å². The minimum absolute atomic E-state index is 0.109. The van der Waals surface area contributed by atoms with Crippen LogP contribution >= 0.6 is 0 Å². The van der Waals surface area contributed by atoms with Gasteiger partial charge < -0.3 is 20.1 Å². The van der Waals surface area contributed by atoms with Crippen molar-refractivity contribution in [2.75, 3.05) is 29.9 Å². The number of piperazine rings is 1. The average molecular weight is 423 g/mol. The van der Waals surface area contributed by atoms with E-state index in [-0.39, 0.29) is 23.7 Å². The molecule has 1 aromatic heterocycles. The van der Waals surface area contributed by atoms with Crippen LogP contribution in [-0.2, 0) is 4.79 Å². The predicted octanol–water partition coefficient (Wildman–Crippen LogP) is 4.31. The molecule has 2 heterocycles. The van der Waals surface area contributed by atoms with Gasteiger partial charge in [-0.05, 0) is 49.2 Å². The molecule has 1 fully saturated rings. The Kier molecular flexibility index (Phi) is 5.67. The third-order valence-electron chi connectivity index (χ3n) is 6.02. The van der Waals surface area contributed by atoms with E-state index in [1.165, 1.54) is 6.07 Å². The van der Waals surface area contributed by atoms with Gasteiger partial charge in [-0.2, -0.15) is 0 Å². The zero-order valence-electron chi connectivity index (χ0n) is 18.0. The van der Waals surface area contributed by atoms with Crippen molar-refractivity contribution in [2.24, 2.45) is 0 Å². The third kappa shape index (κ3) is 4.13. The fourth-order valence-electron chi connectivity index (χ4n) is 4.28. The summed E-state index contributed by atoms with van der Waals surface area (Å²) in [5, 5.41) is 3.32. The van der Waals surface area contributed by atoms with Crippen molar-refractivity contribution in [1.29, 1.82) is 0 Å². The molecule has 2 amide bonds. The number of H-pyrrole nitrogens is 1. The molecule has 31 heavy (non-hydrogen) atoms. The highest BCUT2D eigenvalue weighted by molar-refractivity contribution is 6.06. The van der Waals surface area contributed by atoms with Gasteiger partial charge >= 0.3 is 0 Å². The number of amides is 2. The maximum Gasteiger partial charge on any atom is 0.272 e. The lowest BCUT2D eigenvalue weighted by atomic mass is 10.1. The number of halogens is 1. The monoisotopic (exact) mass is 422 g/mol. The molecule has 0 saturated carbocycles. The highest BCUT2D eigenvalue weighted by Gasteiger charge is 2.27. The number of benzene rings is 2. The first-order valence-corrected chi connectivity index (χ1v) is 10.6. The second-order valence-corrected chi connectivity index (χ2v) is 8.06. The molecule has 1 unspecified atom stereocenters. The second kappa shape index (κ2) is 8.41. The lowest BCUT2D eigenvalue weighted by Gasteiger charge is -2.42. The van der Waals surface area contributed by atoms with Crippen molar-refractivity contribution in [2.45, 2.75) is 33.2 Å². The Balaban J connectivity index is 1.51. The van der Waals surface area contributed by atoms with Crippen LogP contribution in [0.5, 0.6) is 0 Å². The van der Waals surface area contributed by atoms with Gasteiger partial charge in [0.05, 0.1) is 5.52 Å². The highest BCUT2D eigenvalue weighted by Crippen LogP contribution is 2.26. The number of rotatable bonds is 4. The van der Waals surface area contributed by atoms with Crippen LogP contribution in [0.25, 0.3) is 10.9 Å². The summed E-state index contributed by atoms with van der Waals surface area (Å²) in [5.74, 6) is -0.564. The summed E-state index contributed by atoms with van der Waals surface area (Å²) < 4.78 is 14.1. The molecule has 6 nitrogen and oxygen atoms in total. The van der Waals surface area contributed by atoms with Gasteiger partial charge in [-0.15, -0.1) is 0 Å². The van der Waals surface area contributed by atoms with Crippen LogP contribution in [0.2, 0.25) is 0 Å². The Hall–Kier alpha value is -3.35. The molecular weight excluding hydrogens is 395 g/mol. The SMILES string of the molecule is CCC1CN(c2cccc(NC(=O)c3cc4c(F)ccc(C)c4[nH]3)c2)CCN1C(C)=O. The van der Waals surface area contributed by atoms with Crippen molar-refractivity contribution < 1.29 is 14.0 Å². The van der Waals surface area contributed by atoms with E-state index < -0.39 is 0 Å². The number of nitrogens with one attached hydrogen (secondary N) is 2. The summed E-state index contributed by atoms with van der Waals surface area (Å²) in [6.45, 7) is 7.77. The van der Waals surface area contributed by atoms with E-state index in [1.54, 1.807) is 19.1 Å². The van der Waals surface area contributed by atoms with E-state index >= 15 is 0 Å². The van der Waals surface area contributed by atoms with E-state index in [0.717, 1.165) is 30.8 Å². The molecule has 2 aromatic carbocycles. The van der Waals surface area contributed by atoms with Crippen LogP contribution in [0.15, 0.2) is 42.5 Å². The summed E-state index contributed by atoms with van der Waals surface area (Å²) in [7, 11) is 0. The Morgan fingerprint density at radius 1 is 1.19 bits per heavy atom. The van der Waals surface area contributed by atoms with Gasteiger partial charge in [-0.1, -0.05) is 19.1 Å². The first-order valence-electron chi connectivity index (χ1n) is 10.6. The number of anilines is 2. The van der Waals surface area contributed by atoms with Gasteiger partial charge in [0, 0.05) is 49.4 Å². The fraction of sp³-hybridized carbons (Fsp3) is 0.333. The van der Waals surface area contributed by atoms with Crippen LogP contribution in [0, 0.1) is 12.7 Å². The summed E-state index contributed by atoms with van der Waals surface area (Å²) in [4.78, 5) is 31.9. The summed E-state index contributed by atoms with van der Waals surface area (Å²) in [6.07, 6.45) is 0.892. The quantitative estimate of drug-likeness (QED) is 0.658. The molecule has 0 bridgehead atoms. The summed E-state index contributed by atoms with van der Waals surface area (Å²) >= 11 is 0. The van der Waals surface area contributed by atoms with Gasteiger partial charge in [0.25, 0.3) is 5.91 Å². The van der Waals surface area contributed by atoms with Crippen molar-refractivity contribution in [3.05, 3.63) is 59.5 Å². The Labute approximate surface area is 181 Å². The Morgan fingerprint density at radius 3 is 2.71 bits per heavy atom. The topological polar surface area (TPSA) is 68.4 Å². The van der Waals surface area contributed by atoms with Crippen LogP contribution in [-0.4, -0.2) is 47.4 Å². The molecule has 0 aliphatic carbocycles. The molecule has 3 aromatic rings. The number of aromatic amines is 1. The summed E-state index contributed by atoms with van der Waals surface area (Å²) in [6, 6.07) is 12.5. The van der Waals surface area contributed by atoms with Crippen LogP contribution in [0.3, 0.4) is 0 Å². The van der Waals surface area contributed by atoms with Gasteiger partial charge in [-0.3, -0.25) is 9.59 Å². The van der Waals surface area contributed by atoms with E-state index in [9.17, 15) is 14.0 Å². The average Bonchev–Trinajstić information content (AvgIpc) is 3.23. The van der Waals surface area contributed by atoms with Gasteiger partial charge in [-0.25, -0.2) is 4.39 Å². The molecule has 0 spiro atoms. The minimum atomic E-state index is -0.354. The van der Waals surface area contributed by atoms with E-state index in [1.807, 2.05) is 36.1 Å². The number of aryl methyl sites for hydroxylation is 1. The van der Waals surface area contributed by atoms with E-state index in [0.29, 0.717) is 28.8 Å². The fourth-order valence-corrected chi connectivity index (χ4v) is 4.28. The normalized spacial score (nSPS) is 16.6. The molecule has 2 N–H and O–H groups in total. The molecular formula is C24H27FN4O2. The van der Waals surface area contributed by atoms with Crippen molar-refractivity contribution in [3.63, 3.8) is 0 Å². The molecule has 1 aliphatic heterocycles. The maximum absolute atomic E-state index is 14.1. The second-order valence-electron chi connectivity index (χ2n) is 8.06. The van der Waals surface area contributed by atoms with Crippen LogP contribution in [0.4, 0.5) is 15.8 Å². The van der Waals surface area contributed by atoms with E-state index in [4.69, 9.17) is 0 Å². The molecule has 4 rings (SSSR count). The number of hydrogen-bond acceptors (Lipinski definition) is 3. The van der Waals surface area contributed by atoms with Crippen molar-refractivity contribution in [3.8, 4) is 0 Å². The minimum Gasteiger partial charge on any atom is -0.368 e. The van der Waals surface area contributed by atoms with Gasteiger partial charge in [0.1, 0.15) is 11.5 Å². The number of carbonyl (C=O) groups is 2. The third-order valence-corrected chi connectivity index (χ3v) is 6.02. The Morgan fingerprint density at radius 2 is 2.00 bits per heavy atom. The molecule has 1 saturated heterocycles. The summed E-state index contributed by atoms with van der Waals surface area (Å²) in [5.41, 5.74) is 3.49. The number of carbonyl (C=O) groups excluding carboxylic acids is 2. The lowest BCUT2D eigenvalue weighted by Crippen LogP contribution is -2.54. The zero-order valence-corrected chi connectivity index (χ0v) is 18.0.